The van der Waals surface area contributed by atoms with Gasteiger partial charge in [0, 0.05) is 12.2 Å². The minimum absolute atomic E-state index is 0.137. The van der Waals surface area contributed by atoms with Crippen LogP contribution in [0.3, 0.4) is 0 Å². The van der Waals surface area contributed by atoms with Gasteiger partial charge in [0.25, 0.3) is 5.91 Å². The molecule has 0 aromatic carbocycles. The normalized spacial score (nSPS) is 12.4. The summed E-state index contributed by atoms with van der Waals surface area (Å²) in [5, 5.41) is 2.97. The molecule has 0 radical (unpaired) electrons. The van der Waals surface area contributed by atoms with Crippen molar-refractivity contribution in [3.05, 3.63) is 23.9 Å². The van der Waals surface area contributed by atoms with E-state index in [0.717, 1.165) is 32.5 Å². The summed E-state index contributed by atoms with van der Waals surface area (Å²) in [5.74, 6) is 0.131. The summed E-state index contributed by atoms with van der Waals surface area (Å²) in [6.07, 6.45) is 3.62. The van der Waals surface area contributed by atoms with Gasteiger partial charge >= 0.3 is 0 Å². The molecule has 0 aliphatic rings. The van der Waals surface area contributed by atoms with Crippen LogP contribution in [0.2, 0.25) is 0 Å². The fourth-order valence-corrected chi connectivity index (χ4v) is 2.14. The van der Waals surface area contributed by atoms with Crippen molar-refractivity contribution in [1.29, 1.82) is 0 Å². The monoisotopic (exact) mass is 278 g/mol. The average molecular weight is 278 g/mol. The lowest BCUT2D eigenvalue weighted by Gasteiger charge is -2.19. The number of nitrogens with zero attached hydrogens (tertiary/aromatic N) is 2. The molecule has 112 valence electrons. The Kier molecular flexibility index (Phi) is 7.01. The number of hydrogen-bond acceptors (Lipinski definition) is 4. The highest BCUT2D eigenvalue weighted by Crippen LogP contribution is 2.08. The quantitative estimate of drug-likeness (QED) is 0.762. The topological polar surface area (TPSA) is 71.2 Å². The Balaban J connectivity index is 2.37. The molecular formula is C15H26N4O. The lowest BCUT2D eigenvalue weighted by atomic mass is 10.1. The van der Waals surface area contributed by atoms with Gasteiger partial charge in [0.05, 0.1) is 5.56 Å². The number of anilines is 1. The van der Waals surface area contributed by atoms with Crippen LogP contribution in [-0.4, -0.2) is 41.5 Å². The van der Waals surface area contributed by atoms with Crippen molar-refractivity contribution in [2.45, 2.75) is 39.7 Å². The lowest BCUT2D eigenvalue weighted by molar-refractivity contribution is 0.0938. The zero-order chi connectivity index (χ0) is 15.0. The second-order valence-corrected chi connectivity index (χ2v) is 4.98. The van der Waals surface area contributed by atoms with Gasteiger partial charge in [-0.1, -0.05) is 13.8 Å². The van der Waals surface area contributed by atoms with E-state index in [2.05, 4.69) is 29.0 Å². The smallest absolute Gasteiger partial charge is 0.255 e. The summed E-state index contributed by atoms with van der Waals surface area (Å²) in [5.41, 5.74) is 6.14. The number of carbonyl (C=O) groups excluding carboxylic acids is 1. The van der Waals surface area contributed by atoms with Gasteiger partial charge in [-0.05, 0) is 51.5 Å². The van der Waals surface area contributed by atoms with Crippen molar-refractivity contribution >= 4 is 11.7 Å². The predicted molar refractivity (Wildman–Crippen MR) is 82.6 cm³/mol. The molecule has 20 heavy (non-hydrogen) atoms. The largest absolute Gasteiger partial charge is 0.383 e. The van der Waals surface area contributed by atoms with Gasteiger partial charge in [-0.15, -0.1) is 0 Å². The summed E-state index contributed by atoms with van der Waals surface area (Å²) in [7, 11) is 0. The molecule has 1 aromatic heterocycles. The molecule has 0 aliphatic heterocycles. The van der Waals surface area contributed by atoms with E-state index in [9.17, 15) is 4.79 Å². The number of nitrogens with one attached hydrogen (secondary N) is 1. The van der Waals surface area contributed by atoms with E-state index < -0.39 is 0 Å². The molecule has 1 amide bonds. The van der Waals surface area contributed by atoms with Gasteiger partial charge in [0.15, 0.2) is 0 Å². The SMILES string of the molecule is CCN(CC)CCCC(C)NC(=O)c1cccnc1N. The Bertz CT molecular complexity index is 418. The average Bonchev–Trinajstić information content (AvgIpc) is 2.44. The second kappa shape index (κ2) is 8.53. The maximum atomic E-state index is 12.0. The van der Waals surface area contributed by atoms with E-state index in [-0.39, 0.29) is 17.8 Å². The number of carbonyl (C=O) groups is 1. The molecule has 1 rings (SSSR count). The molecule has 1 heterocycles. The van der Waals surface area contributed by atoms with E-state index in [1.807, 2.05) is 6.92 Å². The van der Waals surface area contributed by atoms with Gasteiger partial charge in [0.2, 0.25) is 0 Å². The first-order chi connectivity index (χ1) is 9.58. The van der Waals surface area contributed by atoms with E-state index in [4.69, 9.17) is 5.73 Å². The summed E-state index contributed by atoms with van der Waals surface area (Å²) in [6, 6.07) is 3.55. The Hall–Kier alpha value is -1.62. The lowest BCUT2D eigenvalue weighted by Crippen LogP contribution is -2.34. The number of nitrogen functional groups attached to an aromatic ring is 1. The summed E-state index contributed by atoms with van der Waals surface area (Å²) < 4.78 is 0. The Morgan fingerprint density at radius 3 is 2.75 bits per heavy atom. The molecule has 0 spiro atoms. The van der Waals surface area contributed by atoms with E-state index >= 15 is 0 Å². The van der Waals surface area contributed by atoms with Crippen LogP contribution in [-0.2, 0) is 0 Å². The summed E-state index contributed by atoms with van der Waals surface area (Å²) >= 11 is 0. The fraction of sp³-hybridized carbons (Fsp3) is 0.600. The summed E-state index contributed by atoms with van der Waals surface area (Å²) in [4.78, 5) is 18.4. The first-order valence-corrected chi connectivity index (χ1v) is 7.32. The third-order valence-electron chi connectivity index (χ3n) is 3.47. The number of hydrogen-bond donors (Lipinski definition) is 2. The molecule has 0 saturated heterocycles. The van der Waals surface area contributed by atoms with Crippen LogP contribution in [0.5, 0.6) is 0 Å². The molecule has 1 unspecified atom stereocenters. The van der Waals surface area contributed by atoms with Gasteiger partial charge in [-0.2, -0.15) is 0 Å². The fourth-order valence-electron chi connectivity index (χ4n) is 2.14. The van der Waals surface area contributed by atoms with Gasteiger partial charge in [-0.3, -0.25) is 4.79 Å². The van der Waals surface area contributed by atoms with Crippen LogP contribution in [0.15, 0.2) is 18.3 Å². The van der Waals surface area contributed by atoms with Crippen LogP contribution < -0.4 is 11.1 Å². The van der Waals surface area contributed by atoms with Crippen LogP contribution in [0.25, 0.3) is 0 Å². The third kappa shape index (κ3) is 5.17. The molecule has 0 bridgehead atoms. The highest BCUT2D eigenvalue weighted by molar-refractivity contribution is 5.98. The van der Waals surface area contributed by atoms with Crippen molar-refractivity contribution in [2.24, 2.45) is 0 Å². The van der Waals surface area contributed by atoms with E-state index in [0.29, 0.717) is 5.56 Å². The van der Waals surface area contributed by atoms with E-state index in [1.165, 1.54) is 0 Å². The number of amides is 1. The molecular weight excluding hydrogens is 252 g/mol. The maximum Gasteiger partial charge on any atom is 0.255 e. The Morgan fingerprint density at radius 2 is 2.15 bits per heavy atom. The number of nitrogens with two attached hydrogens (primary N) is 1. The number of pyridine rings is 1. The molecule has 3 N–H and O–H groups in total. The van der Waals surface area contributed by atoms with Crippen molar-refractivity contribution < 1.29 is 4.79 Å². The van der Waals surface area contributed by atoms with Crippen LogP contribution in [0.1, 0.15) is 44.0 Å². The second-order valence-electron chi connectivity index (χ2n) is 4.98. The van der Waals surface area contributed by atoms with Crippen LogP contribution in [0, 0.1) is 0 Å². The van der Waals surface area contributed by atoms with Crippen molar-refractivity contribution in [2.75, 3.05) is 25.4 Å². The van der Waals surface area contributed by atoms with Crippen molar-refractivity contribution in [3.63, 3.8) is 0 Å². The Morgan fingerprint density at radius 1 is 1.45 bits per heavy atom. The minimum atomic E-state index is -0.147. The first-order valence-electron chi connectivity index (χ1n) is 7.32. The zero-order valence-electron chi connectivity index (χ0n) is 12.7. The molecule has 0 fully saturated rings. The number of aromatic nitrogens is 1. The summed E-state index contributed by atoms with van der Waals surface area (Å²) in [6.45, 7) is 9.57. The molecule has 5 heteroatoms. The van der Waals surface area contributed by atoms with Crippen molar-refractivity contribution in [3.8, 4) is 0 Å². The van der Waals surface area contributed by atoms with Crippen molar-refractivity contribution in [1.82, 2.24) is 15.2 Å². The van der Waals surface area contributed by atoms with Crippen LogP contribution in [0.4, 0.5) is 5.82 Å². The molecule has 5 nitrogen and oxygen atoms in total. The van der Waals surface area contributed by atoms with Gasteiger partial charge < -0.3 is 16.0 Å². The highest BCUT2D eigenvalue weighted by atomic mass is 16.1. The first kappa shape index (κ1) is 16.4. The van der Waals surface area contributed by atoms with Gasteiger partial charge in [-0.25, -0.2) is 4.98 Å². The predicted octanol–water partition coefficient (Wildman–Crippen LogP) is 1.90. The molecule has 1 atom stereocenters. The maximum absolute atomic E-state index is 12.0. The zero-order valence-corrected chi connectivity index (χ0v) is 12.7. The highest BCUT2D eigenvalue weighted by Gasteiger charge is 2.12. The Labute approximate surface area is 121 Å². The molecule has 1 aromatic rings. The third-order valence-corrected chi connectivity index (χ3v) is 3.47. The molecule has 0 saturated carbocycles. The van der Waals surface area contributed by atoms with Gasteiger partial charge in [0.1, 0.15) is 5.82 Å². The van der Waals surface area contributed by atoms with Crippen LogP contribution >= 0.6 is 0 Å². The minimum Gasteiger partial charge on any atom is -0.383 e. The number of rotatable bonds is 8. The molecule has 0 aliphatic carbocycles. The van der Waals surface area contributed by atoms with E-state index in [1.54, 1.807) is 18.3 Å². The standard InChI is InChI=1S/C15H26N4O/c1-4-19(5-2)11-7-8-12(3)18-15(20)13-9-6-10-17-14(13)16/h6,9-10,12H,4-5,7-8,11H2,1-3H3,(H2,16,17)(H,18,20).